The van der Waals surface area contributed by atoms with Gasteiger partial charge in [-0.3, -0.25) is 4.98 Å². The molecule has 3 rings (SSSR count). The maximum absolute atomic E-state index is 11.6. The average Bonchev–Trinajstić information content (AvgIpc) is 2.54. The molecule has 0 radical (unpaired) electrons. The van der Waals surface area contributed by atoms with Crippen molar-refractivity contribution in [3.05, 3.63) is 64.8 Å². The second-order valence-electron chi connectivity index (χ2n) is 4.72. The van der Waals surface area contributed by atoms with E-state index in [1.807, 2.05) is 36.4 Å². The highest BCUT2D eigenvalue weighted by atomic mass is 79.9. The number of carbonyl (C=O) groups excluding carboxylic acids is 1. The molecule has 3 aromatic rings. The summed E-state index contributed by atoms with van der Waals surface area (Å²) >= 11 is 3.45. The van der Waals surface area contributed by atoms with Crippen LogP contribution in [0.3, 0.4) is 0 Å². The van der Waals surface area contributed by atoms with E-state index in [1.165, 1.54) is 7.11 Å². The number of benzene rings is 2. The van der Waals surface area contributed by atoms with E-state index in [0.29, 0.717) is 5.56 Å². The van der Waals surface area contributed by atoms with E-state index in [9.17, 15) is 4.79 Å². The second kappa shape index (κ2) is 6.15. The summed E-state index contributed by atoms with van der Waals surface area (Å²) in [5.74, 6) is -0.354. The largest absolute Gasteiger partial charge is 0.465 e. The fourth-order valence-electron chi connectivity index (χ4n) is 2.23. The van der Waals surface area contributed by atoms with Crippen LogP contribution in [0, 0.1) is 0 Å². The maximum atomic E-state index is 11.6. The molecule has 1 N–H and O–H groups in total. The van der Waals surface area contributed by atoms with Crippen LogP contribution >= 0.6 is 15.9 Å². The van der Waals surface area contributed by atoms with Gasteiger partial charge in [-0.15, -0.1) is 0 Å². The van der Waals surface area contributed by atoms with E-state index >= 15 is 0 Å². The van der Waals surface area contributed by atoms with Crippen molar-refractivity contribution in [2.45, 2.75) is 0 Å². The quantitative estimate of drug-likeness (QED) is 0.700. The molecule has 0 fully saturated rings. The first kappa shape index (κ1) is 14.5. The molecule has 2 aromatic carbocycles. The number of carbonyl (C=O) groups is 1. The zero-order valence-corrected chi connectivity index (χ0v) is 13.4. The number of aromatic nitrogens is 1. The van der Waals surface area contributed by atoms with Crippen molar-refractivity contribution in [2.75, 3.05) is 12.4 Å². The highest BCUT2D eigenvalue weighted by Gasteiger charge is 2.07. The van der Waals surface area contributed by atoms with Gasteiger partial charge in [-0.2, -0.15) is 0 Å². The molecule has 1 heterocycles. The Hall–Kier alpha value is -2.40. The van der Waals surface area contributed by atoms with Crippen LogP contribution in [0.1, 0.15) is 10.4 Å². The normalized spacial score (nSPS) is 10.5. The summed E-state index contributed by atoms with van der Waals surface area (Å²) in [5.41, 5.74) is 3.15. The second-order valence-corrected chi connectivity index (χ2v) is 5.63. The van der Waals surface area contributed by atoms with Crippen molar-refractivity contribution in [2.24, 2.45) is 0 Å². The van der Waals surface area contributed by atoms with Gasteiger partial charge in [-0.1, -0.05) is 22.0 Å². The Bertz CT molecular complexity index is 849. The number of ether oxygens (including phenoxy) is 1. The SMILES string of the molecule is COC(=O)c1cccc(Nc2ccnc3cc(Br)ccc23)c1. The molecule has 110 valence electrons. The number of pyridine rings is 1. The molecule has 0 atom stereocenters. The minimum Gasteiger partial charge on any atom is -0.465 e. The molecule has 0 bridgehead atoms. The van der Waals surface area contributed by atoms with E-state index in [1.54, 1.807) is 18.3 Å². The number of esters is 1. The number of nitrogens with zero attached hydrogens (tertiary/aromatic N) is 1. The lowest BCUT2D eigenvalue weighted by Crippen LogP contribution is -2.01. The number of hydrogen-bond acceptors (Lipinski definition) is 4. The Morgan fingerprint density at radius 3 is 2.86 bits per heavy atom. The Morgan fingerprint density at radius 2 is 2.05 bits per heavy atom. The van der Waals surface area contributed by atoms with Gasteiger partial charge in [0.25, 0.3) is 0 Å². The third-order valence-electron chi connectivity index (χ3n) is 3.27. The Kier molecular flexibility index (Phi) is 4.06. The first-order chi connectivity index (χ1) is 10.7. The van der Waals surface area contributed by atoms with Crippen molar-refractivity contribution in [1.29, 1.82) is 0 Å². The lowest BCUT2D eigenvalue weighted by atomic mass is 10.1. The van der Waals surface area contributed by atoms with Gasteiger partial charge in [0.05, 0.1) is 18.2 Å². The predicted octanol–water partition coefficient (Wildman–Crippen LogP) is 4.53. The minimum absolute atomic E-state index is 0.354. The summed E-state index contributed by atoms with van der Waals surface area (Å²) in [7, 11) is 1.37. The molecule has 5 heteroatoms. The lowest BCUT2D eigenvalue weighted by molar-refractivity contribution is 0.0601. The van der Waals surface area contributed by atoms with E-state index in [0.717, 1.165) is 26.8 Å². The molecule has 1 aromatic heterocycles. The first-order valence-electron chi connectivity index (χ1n) is 6.67. The number of methoxy groups -OCH3 is 1. The molecular weight excluding hydrogens is 344 g/mol. The molecule has 22 heavy (non-hydrogen) atoms. The fraction of sp³-hybridized carbons (Fsp3) is 0.0588. The Morgan fingerprint density at radius 1 is 1.18 bits per heavy atom. The third-order valence-corrected chi connectivity index (χ3v) is 3.76. The molecule has 0 spiro atoms. The highest BCUT2D eigenvalue weighted by Crippen LogP contribution is 2.27. The monoisotopic (exact) mass is 356 g/mol. The zero-order chi connectivity index (χ0) is 15.5. The predicted molar refractivity (Wildman–Crippen MR) is 90.5 cm³/mol. The van der Waals surface area contributed by atoms with E-state index in [2.05, 4.69) is 26.2 Å². The van der Waals surface area contributed by atoms with Crippen molar-refractivity contribution < 1.29 is 9.53 Å². The van der Waals surface area contributed by atoms with Crippen LogP contribution in [-0.4, -0.2) is 18.1 Å². The van der Waals surface area contributed by atoms with Crippen LogP contribution in [0.5, 0.6) is 0 Å². The molecule has 0 aliphatic rings. The number of hydrogen-bond donors (Lipinski definition) is 1. The molecule has 0 aliphatic heterocycles. The van der Waals surface area contributed by atoms with Crippen LogP contribution in [0.25, 0.3) is 10.9 Å². The maximum Gasteiger partial charge on any atom is 0.337 e. The van der Waals surface area contributed by atoms with Crippen LogP contribution in [-0.2, 0) is 4.74 Å². The van der Waals surface area contributed by atoms with Gasteiger partial charge in [0, 0.05) is 27.4 Å². The van der Waals surface area contributed by atoms with Crippen LogP contribution in [0.15, 0.2) is 59.2 Å². The van der Waals surface area contributed by atoms with Crippen molar-refractivity contribution in [1.82, 2.24) is 4.98 Å². The van der Waals surface area contributed by atoms with Crippen molar-refractivity contribution in [3.8, 4) is 0 Å². The summed E-state index contributed by atoms with van der Waals surface area (Å²) in [6.45, 7) is 0. The minimum atomic E-state index is -0.354. The molecule has 4 nitrogen and oxygen atoms in total. The summed E-state index contributed by atoms with van der Waals surface area (Å²) < 4.78 is 5.73. The number of fused-ring (bicyclic) bond motifs is 1. The number of halogens is 1. The Labute approximate surface area is 136 Å². The van der Waals surface area contributed by atoms with Crippen LogP contribution in [0.2, 0.25) is 0 Å². The average molecular weight is 357 g/mol. The van der Waals surface area contributed by atoms with Gasteiger partial charge in [-0.25, -0.2) is 4.79 Å². The molecule has 0 unspecified atom stereocenters. The lowest BCUT2D eigenvalue weighted by Gasteiger charge is -2.10. The van der Waals surface area contributed by atoms with Crippen LogP contribution < -0.4 is 5.32 Å². The number of nitrogens with one attached hydrogen (secondary N) is 1. The number of rotatable bonds is 3. The van der Waals surface area contributed by atoms with Crippen molar-refractivity contribution in [3.63, 3.8) is 0 Å². The fourth-order valence-corrected chi connectivity index (χ4v) is 2.58. The van der Waals surface area contributed by atoms with Crippen LogP contribution in [0.4, 0.5) is 11.4 Å². The van der Waals surface area contributed by atoms with E-state index in [-0.39, 0.29) is 5.97 Å². The summed E-state index contributed by atoms with van der Waals surface area (Å²) in [6.07, 6.45) is 1.75. The molecule has 0 saturated heterocycles. The van der Waals surface area contributed by atoms with Gasteiger partial charge in [-0.05, 0) is 42.5 Å². The molecular formula is C17H13BrN2O2. The molecule has 0 saturated carbocycles. The third kappa shape index (κ3) is 2.94. The van der Waals surface area contributed by atoms with E-state index < -0.39 is 0 Å². The topological polar surface area (TPSA) is 51.2 Å². The highest BCUT2D eigenvalue weighted by molar-refractivity contribution is 9.10. The summed E-state index contributed by atoms with van der Waals surface area (Å²) in [5, 5.41) is 4.33. The first-order valence-corrected chi connectivity index (χ1v) is 7.46. The smallest absolute Gasteiger partial charge is 0.337 e. The van der Waals surface area contributed by atoms with E-state index in [4.69, 9.17) is 4.74 Å². The van der Waals surface area contributed by atoms with Gasteiger partial charge >= 0.3 is 5.97 Å². The summed E-state index contributed by atoms with van der Waals surface area (Å²) in [4.78, 5) is 16.0. The standard InChI is InChI=1S/C17H13BrN2O2/c1-22-17(21)11-3-2-4-13(9-11)20-15-7-8-19-16-10-12(18)5-6-14(15)16/h2-10H,1H3,(H,19,20). The van der Waals surface area contributed by atoms with Gasteiger partial charge in [0.15, 0.2) is 0 Å². The van der Waals surface area contributed by atoms with Gasteiger partial charge in [0.2, 0.25) is 0 Å². The Balaban J connectivity index is 1.98. The van der Waals surface area contributed by atoms with Gasteiger partial charge < -0.3 is 10.1 Å². The molecule has 0 amide bonds. The number of anilines is 2. The van der Waals surface area contributed by atoms with Gasteiger partial charge in [0.1, 0.15) is 0 Å². The van der Waals surface area contributed by atoms with Crippen molar-refractivity contribution >= 4 is 44.2 Å². The summed E-state index contributed by atoms with van der Waals surface area (Å²) in [6, 6.07) is 15.0. The molecule has 0 aliphatic carbocycles. The zero-order valence-electron chi connectivity index (χ0n) is 11.8.